The van der Waals surface area contributed by atoms with Gasteiger partial charge in [0.25, 0.3) is 0 Å². The second-order valence-electron chi connectivity index (χ2n) is 3.94. The van der Waals surface area contributed by atoms with Crippen LogP contribution in [0.15, 0.2) is 82.2 Å². The molecule has 1 aromatic carbocycles. The van der Waals surface area contributed by atoms with Gasteiger partial charge in [-0.1, -0.05) is 35.9 Å². The predicted molar refractivity (Wildman–Crippen MR) is 90.9 cm³/mol. The van der Waals surface area contributed by atoms with Crippen LogP contribution in [0.2, 0.25) is 0 Å². The van der Waals surface area contributed by atoms with Crippen molar-refractivity contribution < 1.29 is 9.13 Å². The van der Waals surface area contributed by atoms with Crippen LogP contribution in [0, 0.1) is 5.82 Å². The van der Waals surface area contributed by atoms with Crippen LogP contribution in [0.1, 0.15) is 6.92 Å². The van der Waals surface area contributed by atoms with Crippen LogP contribution in [0.5, 0.6) is 5.75 Å². The van der Waals surface area contributed by atoms with Crippen molar-refractivity contribution in [3.63, 3.8) is 0 Å². The molecule has 0 spiro atoms. The molecule has 0 amide bonds. The summed E-state index contributed by atoms with van der Waals surface area (Å²) >= 11 is 11.7. The lowest BCUT2D eigenvalue weighted by atomic mass is 10.3. The maximum atomic E-state index is 12.7. The molecule has 0 aliphatic heterocycles. The zero-order valence-electron chi connectivity index (χ0n) is 11.9. The molecule has 22 heavy (non-hydrogen) atoms. The summed E-state index contributed by atoms with van der Waals surface area (Å²) in [6.45, 7) is 5.49. The van der Waals surface area contributed by atoms with Gasteiger partial charge in [-0.25, -0.2) is 9.38 Å². The third kappa shape index (κ3) is 7.65. The number of nitrogens with zero attached hydrogens (tertiary/aromatic N) is 1. The van der Waals surface area contributed by atoms with E-state index >= 15 is 0 Å². The zero-order chi connectivity index (χ0) is 16.4. The minimum absolute atomic E-state index is 0.328. The Balaban J connectivity index is 2.54. The number of aliphatic imine (C=N–C) groups is 1. The van der Waals surface area contributed by atoms with E-state index in [0.717, 1.165) is 0 Å². The van der Waals surface area contributed by atoms with Crippen molar-refractivity contribution >= 4 is 29.1 Å². The second-order valence-corrected chi connectivity index (χ2v) is 4.82. The SMILES string of the molecule is C=C(/C=C\N=C=C/C(Cl)=C\C(Cl)=C/C)Oc1ccc(F)cc1. The number of hydrogen-bond acceptors (Lipinski definition) is 2. The largest absolute Gasteiger partial charge is 0.458 e. The van der Waals surface area contributed by atoms with Crippen molar-refractivity contribution in [2.45, 2.75) is 6.92 Å². The van der Waals surface area contributed by atoms with E-state index < -0.39 is 0 Å². The maximum Gasteiger partial charge on any atom is 0.127 e. The molecular weight excluding hydrogens is 324 g/mol. The summed E-state index contributed by atoms with van der Waals surface area (Å²) in [5.41, 5.74) is 0. The highest BCUT2D eigenvalue weighted by molar-refractivity contribution is 6.35. The zero-order valence-corrected chi connectivity index (χ0v) is 13.4. The minimum Gasteiger partial charge on any atom is -0.458 e. The molecule has 0 bridgehead atoms. The lowest BCUT2D eigenvalue weighted by Gasteiger charge is -2.03. The average Bonchev–Trinajstić information content (AvgIpc) is 2.49. The fraction of sp³-hybridized carbons (Fsp3) is 0.0588. The van der Waals surface area contributed by atoms with Gasteiger partial charge >= 0.3 is 0 Å². The van der Waals surface area contributed by atoms with Gasteiger partial charge in [-0.05, 0) is 49.2 Å². The first kappa shape index (κ1) is 18.0. The summed E-state index contributed by atoms with van der Waals surface area (Å²) in [6.07, 6.45) is 7.75. The van der Waals surface area contributed by atoms with Crippen LogP contribution in [0.3, 0.4) is 0 Å². The molecule has 0 aliphatic rings. The summed E-state index contributed by atoms with van der Waals surface area (Å²) in [5, 5.41) is 0.932. The molecule has 2 nitrogen and oxygen atoms in total. The van der Waals surface area contributed by atoms with Crippen LogP contribution in [-0.4, -0.2) is 5.87 Å². The van der Waals surface area contributed by atoms with E-state index in [9.17, 15) is 4.39 Å². The number of hydrogen-bond donors (Lipinski definition) is 0. The fourth-order valence-electron chi connectivity index (χ4n) is 1.21. The van der Waals surface area contributed by atoms with Crippen molar-refractivity contribution in [2.75, 3.05) is 0 Å². The maximum absolute atomic E-state index is 12.7. The van der Waals surface area contributed by atoms with Gasteiger partial charge in [0.15, 0.2) is 0 Å². The van der Waals surface area contributed by atoms with E-state index in [4.69, 9.17) is 27.9 Å². The Morgan fingerprint density at radius 2 is 1.95 bits per heavy atom. The minimum atomic E-state index is -0.328. The molecular formula is C17H14Cl2FNO. The summed E-state index contributed by atoms with van der Waals surface area (Å²) < 4.78 is 18.1. The van der Waals surface area contributed by atoms with Gasteiger partial charge in [0.2, 0.25) is 0 Å². The number of allylic oxidation sites excluding steroid dienone is 6. The predicted octanol–water partition coefficient (Wildman–Crippen LogP) is 5.72. The van der Waals surface area contributed by atoms with Crippen LogP contribution < -0.4 is 4.74 Å². The molecule has 0 unspecified atom stereocenters. The van der Waals surface area contributed by atoms with Crippen LogP contribution in [0.25, 0.3) is 0 Å². The average molecular weight is 338 g/mol. The summed E-state index contributed by atoms with van der Waals surface area (Å²) in [4.78, 5) is 3.87. The van der Waals surface area contributed by atoms with Crippen molar-refractivity contribution in [2.24, 2.45) is 4.99 Å². The van der Waals surface area contributed by atoms with Crippen molar-refractivity contribution in [1.82, 2.24) is 0 Å². The molecule has 0 atom stereocenters. The molecule has 5 heteroatoms. The highest BCUT2D eigenvalue weighted by Crippen LogP contribution is 2.14. The number of benzene rings is 1. The van der Waals surface area contributed by atoms with Crippen molar-refractivity contribution in [3.05, 3.63) is 83.0 Å². The van der Waals surface area contributed by atoms with Crippen molar-refractivity contribution in [1.29, 1.82) is 0 Å². The molecule has 0 aliphatic carbocycles. The number of halogens is 3. The standard InChI is InChI=1S/C17H14Cl2FNO/c1-3-14(18)12-15(19)9-11-21-10-8-13(2)22-17-6-4-16(20)5-7-17/h3-10,12H,2H2,1H3/b10-8-,14-3+,15-12+. The van der Waals surface area contributed by atoms with Gasteiger partial charge in [-0.15, -0.1) is 0 Å². The molecule has 0 saturated carbocycles. The Labute approximate surface area is 139 Å². The lowest BCUT2D eigenvalue weighted by molar-refractivity contribution is 0.445. The van der Waals surface area contributed by atoms with Gasteiger partial charge in [0, 0.05) is 17.3 Å². The summed E-state index contributed by atoms with van der Waals surface area (Å²) in [5.74, 6) is 3.14. The molecule has 0 heterocycles. The smallest absolute Gasteiger partial charge is 0.127 e. The highest BCUT2D eigenvalue weighted by atomic mass is 35.5. The van der Waals surface area contributed by atoms with E-state index in [1.165, 1.54) is 36.5 Å². The van der Waals surface area contributed by atoms with Gasteiger partial charge < -0.3 is 4.74 Å². The van der Waals surface area contributed by atoms with E-state index in [2.05, 4.69) is 17.4 Å². The van der Waals surface area contributed by atoms with Gasteiger partial charge in [0.05, 0.1) is 5.03 Å². The molecule has 0 fully saturated rings. The fourth-order valence-corrected chi connectivity index (χ4v) is 1.55. The normalized spacial score (nSPS) is 12.0. The van der Waals surface area contributed by atoms with E-state index in [-0.39, 0.29) is 5.82 Å². The first-order valence-electron chi connectivity index (χ1n) is 6.27. The first-order valence-corrected chi connectivity index (χ1v) is 7.03. The highest BCUT2D eigenvalue weighted by Gasteiger charge is 1.95. The Kier molecular flexibility index (Phi) is 8.01. The number of ether oxygens (including phenoxy) is 1. The molecule has 0 N–H and O–H groups in total. The quantitative estimate of drug-likeness (QED) is 0.369. The van der Waals surface area contributed by atoms with Crippen LogP contribution >= 0.6 is 23.2 Å². The Hall–Kier alpha value is -2.06. The summed E-state index contributed by atoms with van der Waals surface area (Å²) in [6, 6.07) is 5.62. The van der Waals surface area contributed by atoms with Crippen LogP contribution in [-0.2, 0) is 0 Å². The Morgan fingerprint density at radius 3 is 2.59 bits per heavy atom. The molecule has 0 radical (unpaired) electrons. The first-order chi connectivity index (χ1) is 10.5. The van der Waals surface area contributed by atoms with Gasteiger partial charge in [-0.2, -0.15) is 0 Å². The topological polar surface area (TPSA) is 21.6 Å². The Morgan fingerprint density at radius 1 is 1.27 bits per heavy atom. The van der Waals surface area contributed by atoms with Crippen LogP contribution in [0.4, 0.5) is 4.39 Å². The molecule has 1 aromatic rings. The van der Waals surface area contributed by atoms with Gasteiger partial charge in [0.1, 0.15) is 17.3 Å². The second kappa shape index (κ2) is 9.80. The van der Waals surface area contributed by atoms with E-state index in [1.54, 1.807) is 25.2 Å². The molecule has 1 rings (SSSR count). The summed E-state index contributed by atoms with van der Waals surface area (Å²) in [7, 11) is 0. The van der Waals surface area contributed by atoms with Crippen molar-refractivity contribution in [3.8, 4) is 5.75 Å². The molecule has 0 saturated heterocycles. The third-order valence-electron chi connectivity index (χ3n) is 2.23. The van der Waals surface area contributed by atoms with E-state index in [1.807, 2.05) is 0 Å². The lowest BCUT2D eigenvalue weighted by Crippen LogP contribution is -1.89. The van der Waals surface area contributed by atoms with E-state index in [0.29, 0.717) is 21.6 Å². The molecule has 114 valence electrons. The molecule has 0 aromatic heterocycles. The van der Waals surface area contributed by atoms with Gasteiger partial charge in [-0.3, -0.25) is 0 Å². The third-order valence-corrected chi connectivity index (χ3v) is 2.77. The Bertz CT molecular complexity index is 666. The monoisotopic (exact) mass is 337 g/mol. The number of rotatable bonds is 6.